The van der Waals surface area contributed by atoms with E-state index < -0.39 is 11.6 Å². The van der Waals surface area contributed by atoms with Crippen molar-refractivity contribution in [1.82, 2.24) is 0 Å². The summed E-state index contributed by atoms with van der Waals surface area (Å²) >= 11 is 0. The largest absolute Gasteiger partial charge is 0.475 e. The van der Waals surface area contributed by atoms with Gasteiger partial charge in [0, 0.05) is 10.9 Å². The molecule has 0 saturated heterocycles. The van der Waals surface area contributed by atoms with Crippen LogP contribution in [0.1, 0.15) is 34.5 Å². The molecule has 0 spiro atoms. The number of carbonyl (C=O) groups is 1. The van der Waals surface area contributed by atoms with E-state index in [1.54, 1.807) is 24.3 Å². The first kappa shape index (κ1) is 14.7. The van der Waals surface area contributed by atoms with E-state index in [2.05, 4.69) is 6.07 Å². The fourth-order valence-corrected chi connectivity index (χ4v) is 3.53. The number of carboxylic acid groups (broad SMARTS) is 1. The van der Waals surface area contributed by atoms with Crippen molar-refractivity contribution in [3.63, 3.8) is 0 Å². The summed E-state index contributed by atoms with van der Waals surface area (Å²) in [5, 5.41) is 10.5. The molecule has 2 aromatic carbocycles. The Bertz CT molecular complexity index is 1010. The van der Waals surface area contributed by atoms with E-state index in [1.807, 2.05) is 12.1 Å². The van der Waals surface area contributed by atoms with Gasteiger partial charge in [-0.1, -0.05) is 36.4 Å². The monoisotopic (exact) mass is 320 g/mol. The van der Waals surface area contributed by atoms with Gasteiger partial charge in [0.05, 0.1) is 5.39 Å². The highest BCUT2D eigenvalue weighted by molar-refractivity contribution is 6.04. The van der Waals surface area contributed by atoms with Crippen molar-refractivity contribution < 1.29 is 14.3 Å². The van der Waals surface area contributed by atoms with Crippen LogP contribution in [0.5, 0.6) is 0 Å². The van der Waals surface area contributed by atoms with E-state index in [0.29, 0.717) is 16.3 Å². The molecule has 0 atom stereocenters. The summed E-state index contributed by atoms with van der Waals surface area (Å²) in [7, 11) is 0. The lowest BCUT2D eigenvalue weighted by Gasteiger charge is -2.17. The van der Waals surface area contributed by atoms with Gasteiger partial charge in [-0.25, -0.2) is 9.59 Å². The Hall–Kier alpha value is -2.88. The fraction of sp³-hybridized carbons (Fsp3) is 0.200. The molecule has 0 saturated carbocycles. The number of rotatable bonds is 2. The van der Waals surface area contributed by atoms with Gasteiger partial charge in [0.15, 0.2) is 0 Å². The Morgan fingerprint density at radius 3 is 2.42 bits per heavy atom. The zero-order valence-corrected chi connectivity index (χ0v) is 13.0. The van der Waals surface area contributed by atoms with Gasteiger partial charge in [-0.15, -0.1) is 0 Å². The van der Waals surface area contributed by atoms with E-state index >= 15 is 0 Å². The fourth-order valence-electron chi connectivity index (χ4n) is 3.53. The van der Waals surface area contributed by atoms with Crippen molar-refractivity contribution in [3.8, 4) is 11.1 Å². The van der Waals surface area contributed by atoms with Crippen LogP contribution in [-0.4, -0.2) is 11.1 Å². The number of aromatic carboxylic acids is 1. The number of benzene rings is 2. The minimum absolute atomic E-state index is 0.297. The molecule has 4 rings (SSSR count). The van der Waals surface area contributed by atoms with Crippen LogP contribution in [0.25, 0.3) is 21.9 Å². The van der Waals surface area contributed by atoms with E-state index in [0.717, 1.165) is 24.8 Å². The molecule has 0 bridgehead atoms. The normalized spacial score (nSPS) is 13.7. The quantitative estimate of drug-likeness (QED) is 0.774. The second-order valence-corrected chi connectivity index (χ2v) is 6.13. The molecule has 0 radical (unpaired) electrons. The van der Waals surface area contributed by atoms with Gasteiger partial charge in [-0.2, -0.15) is 0 Å². The summed E-state index contributed by atoms with van der Waals surface area (Å²) in [6.07, 6.45) is 4.40. The Morgan fingerprint density at radius 1 is 0.958 bits per heavy atom. The summed E-state index contributed by atoms with van der Waals surface area (Å²) < 4.78 is 5.13. The summed E-state index contributed by atoms with van der Waals surface area (Å²) in [6, 6.07) is 13.0. The maximum atomic E-state index is 12.1. The highest BCUT2D eigenvalue weighted by Crippen LogP contribution is 2.33. The topological polar surface area (TPSA) is 67.5 Å². The molecule has 1 aliphatic carbocycles. The van der Waals surface area contributed by atoms with Gasteiger partial charge >= 0.3 is 11.6 Å². The minimum Gasteiger partial charge on any atom is -0.475 e. The smallest absolute Gasteiger partial charge is 0.372 e. The molecular weight excluding hydrogens is 304 g/mol. The van der Waals surface area contributed by atoms with Gasteiger partial charge in [-0.05, 0) is 48.4 Å². The highest BCUT2D eigenvalue weighted by atomic mass is 16.4. The molecule has 4 heteroatoms. The Kier molecular flexibility index (Phi) is 3.45. The number of carboxylic acids is 1. The second kappa shape index (κ2) is 5.64. The van der Waals surface area contributed by atoms with Gasteiger partial charge in [0.2, 0.25) is 5.76 Å². The van der Waals surface area contributed by atoms with Gasteiger partial charge in [-0.3, -0.25) is 0 Å². The number of fused-ring (bicyclic) bond motifs is 2. The molecule has 4 nitrogen and oxygen atoms in total. The van der Waals surface area contributed by atoms with Gasteiger partial charge in [0.1, 0.15) is 0 Å². The molecule has 1 heterocycles. The summed E-state index contributed by atoms with van der Waals surface area (Å²) in [4.78, 5) is 23.7. The molecule has 1 aliphatic rings. The zero-order chi connectivity index (χ0) is 16.7. The van der Waals surface area contributed by atoms with Crippen LogP contribution in [0.4, 0.5) is 0 Å². The van der Waals surface area contributed by atoms with Crippen molar-refractivity contribution in [1.29, 1.82) is 0 Å². The highest BCUT2D eigenvalue weighted by Gasteiger charge is 2.21. The van der Waals surface area contributed by atoms with Crippen LogP contribution in [0, 0.1) is 0 Å². The lowest BCUT2D eigenvalue weighted by Crippen LogP contribution is -2.10. The molecular formula is C20H16O4. The third-order valence-corrected chi connectivity index (χ3v) is 4.67. The van der Waals surface area contributed by atoms with Crippen LogP contribution in [0.2, 0.25) is 0 Å². The summed E-state index contributed by atoms with van der Waals surface area (Å²) in [5.74, 6) is -1.53. The van der Waals surface area contributed by atoms with E-state index in [9.17, 15) is 14.7 Å². The standard InChI is InChI=1S/C20H16O4/c21-19(22)18-17(15-7-3-4-8-16(15)20(23)24-18)14-10-9-12-5-1-2-6-13(12)11-14/h3-4,7-11H,1-2,5-6H2,(H,21,22). The van der Waals surface area contributed by atoms with Gasteiger partial charge < -0.3 is 9.52 Å². The molecule has 120 valence electrons. The number of hydrogen-bond acceptors (Lipinski definition) is 3. The average Bonchev–Trinajstić information content (AvgIpc) is 2.61. The maximum Gasteiger partial charge on any atom is 0.372 e. The van der Waals surface area contributed by atoms with E-state index in [1.165, 1.54) is 17.5 Å². The Labute approximate surface area is 138 Å². The minimum atomic E-state index is -1.23. The molecule has 3 aromatic rings. The number of aryl methyl sites for hydroxylation is 2. The van der Waals surface area contributed by atoms with Crippen molar-refractivity contribution in [2.75, 3.05) is 0 Å². The summed E-state index contributed by atoms with van der Waals surface area (Å²) in [6.45, 7) is 0. The van der Waals surface area contributed by atoms with Gasteiger partial charge in [0.25, 0.3) is 0 Å². The molecule has 0 unspecified atom stereocenters. The van der Waals surface area contributed by atoms with Crippen molar-refractivity contribution in [3.05, 3.63) is 69.8 Å². The van der Waals surface area contributed by atoms with E-state index in [4.69, 9.17) is 4.42 Å². The van der Waals surface area contributed by atoms with Crippen molar-refractivity contribution in [2.24, 2.45) is 0 Å². The van der Waals surface area contributed by atoms with Crippen molar-refractivity contribution in [2.45, 2.75) is 25.7 Å². The SMILES string of the molecule is O=C(O)c1oc(=O)c2ccccc2c1-c1ccc2c(c1)CCCC2. The molecule has 0 amide bonds. The molecule has 0 fully saturated rings. The maximum absolute atomic E-state index is 12.1. The predicted octanol–water partition coefficient (Wildman–Crippen LogP) is 4.04. The van der Waals surface area contributed by atoms with Crippen LogP contribution in [0.15, 0.2) is 51.7 Å². The third-order valence-electron chi connectivity index (χ3n) is 4.67. The van der Waals surface area contributed by atoms with Crippen LogP contribution in [0.3, 0.4) is 0 Å². The predicted molar refractivity (Wildman–Crippen MR) is 91.5 cm³/mol. The zero-order valence-electron chi connectivity index (χ0n) is 13.0. The molecule has 1 N–H and O–H groups in total. The third kappa shape index (κ3) is 2.31. The lowest BCUT2D eigenvalue weighted by molar-refractivity contribution is 0.0659. The average molecular weight is 320 g/mol. The second-order valence-electron chi connectivity index (χ2n) is 6.13. The molecule has 0 aliphatic heterocycles. The van der Waals surface area contributed by atoms with Crippen LogP contribution >= 0.6 is 0 Å². The van der Waals surface area contributed by atoms with E-state index in [-0.39, 0.29) is 5.76 Å². The molecule has 24 heavy (non-hydrogen) atoms. The first-order valence-corrected chi connectivity index (χ1v) is 8.06. The van der Waals surface area contributed by atoms with Crippen molar-refractivity contribution >= 4 is 16.7 Å². The first-order chi connectivity index (χ1) is 11.6. The van der Waals surface area contributed by atoms with Crippen LogP contribution < -0.4 is 5.63 Å². The van der Waals surface area contributed by atoms with Crippen LogP contribution in [-0.2, 0) is 12.8 Å². The molecule has 1 aromatic heterocycles. The number of hydrogen-bond donors (Lipinski definition) is 1. The lowest BCUT2D eigenvalue weighted by atomic mass is 9.88. The summed E-state index contributed by atoms with van der Waals surface area (Å²) in [5.41, 5.74) is 3.22. The Morgan fingerprint density at radius 2 is 1.67 bits per heavy atom. The first-order valence-electron chi connectivity index (χ1n) is 8.06. The Balaban J connectivity index is 2.05.